The standard InChI is InChI=1S/C22H28B/c1-9-17(6)18(7)19(8)22(15(2)3)14-20-10-12-21(13-11-20)23-16(4)5/h9-13H,2,4,7,14H2,1,3,5-6,8H3/b17-9-,22-19+. The Balaban J connectivity index is 3.07. The third-order valence-electron chi connectivity index (χ3n) is 4.10. The van der Waals surface area contributed by atoms with Crippen molar-refractivity contribution in [2.45, 2.75) is 41.0 Å². The van der Waals surface area contributed by atoms with Crippen LogP contribution in [0.4, 0.5) is 0 Å². The summed E-state index contributed by atoms with van der Waals surface area (Å²) in [6.07, 6.45) is 2.98. The predicted octanol–water partition coefficient (Wildman–Crippen LogP) is 5.51. The van der Waals surface area contributed by atoms with Crippen molar-refractivity contribution in [3.63, 3.8) is 0 Å². The Morgan fingerprint density at radius 3 is 2.00 bits per heavy atom. The van der Waals surface area contributed by atoms with Crippen LogP contribution in [0.3, 0.4) is 0 Å². The highest BCUT2D eigenvalue weighted by atomic mass is 14.1. The van der Waals surface area contributed by atoms with Gasteiger partial charge in [0, 0.05) is 0 Å². The second-order valence-corrected chi connectivity index (χ2v) is 6.24. The van der Waals surface area contributed by atoms with Crippen molar-refractivity contribution >= 4 is 12.7 Å². The number of allylic oxidation sites excluding steroid dienone is 7. The molecule has 0 aliphatic heterocycles. The van der Waals surface area contributed by atoms with Crippen molar-refractivity contribution in [1.29, 1.82) is 0 Å². The molecule has 1 aromatic carbocycles. The van der Waals surface area contributed by atoms with Gasteiger partial charge < -0.3 is 0 Å². The molecule has 0 fully saturated rings. The maximum absolute atomic E-state index is 4.24. The lowest BCUT2D eigenvalue weighted by atomic mass is 9.64. The second-order valence-electron chi connectivity index (χ2n) is 6.24. The fourth-order valence-electron chi connectivity index (χ4n) is 2.48. The molecule has 0 aliphatic rings. The SMILES string of the molecule is C=C(C)[B]c1ccc(C/C(C(=C)C)=C(/C)C(=C)/C(C)=C\C)cc1. The van der Waals surface area contributed by atoms with E-state index >= 15 is 0 Å². The molecule has 1 rings (SSSR count). The molecule has 0 spiro atoms. The van der Waals surface area contributed by atoms with Crippen molar-refractivity contribution in [3.8, 4) is 0 Å². The van der Waals surface area contributed by atoms with Gasteiger partial charge in [0.15, 0.2) is 7.28 Å². The third-order valence-corrected chi connectivity index (χ3v) is 4.10. The highest BCUT2D eigenvalue weighted by Gasteiger charge is 2.09. The lowest BCUT2D eigenvalue weighted by Gasteiger charge is -2.16. The molecule has 119 valence electrons. The maximum atomic E-state index is 4.24. The molecular weight excluding hydrogens is 275 g/mol. The van der Waals surface area contributed by atoms with E-state index in [1.807, 2.05) is 13.8 Å². The van der Waals surface area contributed by atoms with Gasteiger partial charge in [-0.05, 0) is 62.0 Å². The van der Waals surface area contributed by atoms with Crippen molar-refractivity contribution in [2.24, 2.45) is 0 Å². The largest absolute Gasteiger partial charge is 0.184 e. The van der Waals surface area contributed by atoms with Crippen LogP contribution < -0.4 is 5.46 Å². The molecule has 0 nitrogen and oxygen atoms in total. The van der Waals surface area contributed by atoms with Crippen LogP contribution in [-0.2, 0) is 6.42 Å². The Kier molecular flexibility index (Phi) is 7.09. The molecule has 0 aromatic heterocycles. The van der Waals surface area contributed by atoms with Gasteiger partial charge in [-0.25, -0.2) is 0 Å². The summed E-state index contributed by atoms with van der Waals surface area (Å²) in [7, 11) is 2.09. The first kappa shape index (κ1) is 19.0. The van der Waals surface area contributed by atoms with Gasteiger partial charge in [-0.2, -0.15) is 0 Å². The van der Waals surface area contributed by atoms with Crippen molar-refractivity contribution in [2.75, 3.05) is 0 Å². The minimum absolute atomic E-state index is 0.879. The number of rotatable bonds is 7. The van der Waals surface area contributed by atoms with Crippen LogP contribution in [0, 0.1) is 0 Å². The van der Waals surface area contributed by atoms with Crippen molar-refractivity contribution in [1.82, 2.24) is 0 Å². The summed E-state index contributed by atoms with van der Waals surface area (Å²) in [4.78, 5) is 0. The number of hydrogen-bond donors (Lipinski definition) is 0. The van der Waals surface area contributed by atoms with Gasteiger partial charge in [-0.1, -0.05) is 61.5 Å². The van der Waals surface area contributed by atoms with Crippen molar-refractivity contribution in [3.05, 3.63) is 89.0 Å². The monoisotopic (exact) mass is 303 g/mol. The van der Waals surface area contributed by atoms with Crippen molar-refractivity contribution < 1.29 is 0 Å². The van der Waals surface area contributed by atoms with E-state index < -0.39 is 0 Å². The first-order valence-electron chi connectivity index (χ1n) is 8.03. The summed E-state index contributed by atoms with van der Waals surface area (Å²) in [5.41, 5.74) is 9.45. The van der Waals surface area contributed by atoms with E-state index in [1.165, 1.54) is 27.7 Å². The van der Waals surface area contributed by atoms with Crippen LogP contribution in [0.5, 0.6) is 0 Å². The summed E-state index contributed by atoms with van der Waals surface area (Å²) >= 11 is 0. The lowest BCUT2D eigenvalue weighted by molar-refractivity contribution is 1.10. The van der Waals surface area contributed by atoms with Gasteiger partial charge in [0.25, 0.3) is 0 Å². The number of hydrogen-bond acceptors (Lipinski definition) is 0. The lowest BCUT2D eigenvalue weighted by Crippen LogP contribution is -2.14. The smallest absolute Gasteiger partial charge is 0.113 e. The van der Waals surface area contributed by atoms with Gasteiger partial charge >= 0.3 is 0 Å². The van der Waals surface area contributed by atoms with Crippen LogP contribution in [0.1, 0.15) is 40.2 Å². The highest BCUT2D eigenvalue weighted by Crippen LogP contribution is 2.26. The first-order valence-corrected chi connectivity index (χ1v) is 8.03. The molecule has 1 radical (unpaired) electrons. The molecule has 0 heterocycles. The van der Waals surface area contributed by atoms with Gasteiger partial charge in [-0.3, -0.25) is 0 Å². The van der Waals surface area contributed by atoms with Gasteiger partial charge in [0.1, 0.15) is 0 Å². The molecule has 0 bridgehead atoms. The van der Waals surface area contributed by atoms with E-state index in [4.69, 9.17) is 0 Å². The summed E-state index contributed by atoms with van der Waals surface area (Å²) < 4.78 is 0. The van der Waals surface area contributed by atoms with Crippen LogP contribution in [0.15, 0.2) is 83.4 Å². The van der Waals surface area contributed by atoms with Gasteiger partial charge in [0.2, 0.25) is 0 Å². The van der Waals surface area contributed by atoms with Crippen LogP contribution in [0.2, 0.25) is 0 Å². The Labute approximate surface area is 143 Å². The quantitative estimate of drug-likeness (QED) is 0.460. The molecule has 0 aliphatic carbocycles. The molecule has 0 N–H and O–H groups in total. The topological polar surface area (TPSA) is 0 Å². The zero-order valence-corrected chi connectivity index (χ0v) is 15.3. The zero-order valence-electron chi connectivity index (χ0n) is 15.3. The number of benzene rings is 1. The Bertz CT molecular complexity index is 666. The first-order chi connectivity index (χ1) is 10.8. The van der Waals surface area contributed by atoms with E-state index in [1.54, 1.807) is 0 Å². The van der Waals surface area contributed by atoms with Gasteiger partial charge in [0.05, 0.1) is 0 Å². The van der Waals surface area contributed by atoms with Crippen LogP contribution in [-0.4, -0.2) is 7.28 Å². The summed E-state index contributed by atoms with van der Waals surface area (Å²) in [5.74, 6) is 0. The summed E-state index contributed by atoms with van der Waals surface area (Å²) in [6, 6.07) is 8.63. The van der Waals surface area contributed by atoms with Crippen LogP contribution >= 0.6 is 0 Å². The summed E-state index contributed by atoms with van der Waals surface area (Å²) in [5, 5.41) is 0. The molecule has 0 unspecified atom stereocenters. The molecule has 0 saturated heterocycles. The van der Waals surface area contributed by atoms with Crippen LogP contribution in [0.25, 0.3) is 0 Å². The minimum atomic E-state index is 0.879. The van der Waals surface area contributed by atoms with E-state index in [9.17, 15) is 0 Å². The fourth-order valence-corrected chi connectivity index (χ4v) is 2.48. The van der Waals surface area contributed by atoms with E-state index in [0.29, 0.717) is 0 Å². The Morgan fingerprint density at radius 2 is 1.57 bits per heavy atom. The average Bonchev–Trinajstić information content (AvgIpc) is 2.51. The fraction of sp³-hybridized carbons (Fsp3) is 0.273. The zero-order chi connectivity index (χ0) is 17.6. The van der Waals surface area contributed by atoms with E-state index in [-0.39, 0.29) is 0 Å². The summed E-state index contributed by atoms with van der Waals surface area (Å²) in [6.45, 7) is 22.7. The third kappa shape index (κ3) is 5.60. The van der Waals surface area contributed by atoms with Gasteiger partial charge in [-0.15, -0.1) is 12.1 Å². The Hall–Kier alpha value is -2.02. The average molecular weight is 303 g/mol. The molecule has 23 heavy (non-hydrogen) atoms. The molecule has 0 saturated carbocycles. The van der Waals surface area contributed by atoms with E-state index in [0.717, 1.165) is 23.0 Å². The Morgan fingerprint density at radius 1 is 1.00 bits per heavy atom. The predicted molar refractivity (Wildman–Crippen MR) is 106 cm³/mol. The maximum Gasteiger partial charge on any atom is 0.184 e. The molecule has 0 amide bonds. The van der Waals surface area contributed by atoms with E-state index in [2.05, 4.69) is 78.1 Å². The second kappa shape index (κ2) is 8.57. The highest BCUT2D eigenvalue weighted by molar-refractivity contribution is 6.60. The molecule has 1 aromatic rings. The molecule has 0 atom stereocenters. The minimum Gasteiger partial charge on any atom is -0.113 e. The molecular formula is C22H28B. The molecule has 1 heteroatoms. The normalized spacial score (nSPS) is 12.5.